The van der Waals surface area contributed by atoms with Gasteiger partial charge in [0.25, 0.3) is 10.0 Å². The van der Waals surface area contributed by atoms with Crippen LogP contribution in [-0.2, 0) is 16.4 Å². The van der Waals surface area contributed by atoms with Crippen molar-refractivity contribution in [3.05, 3.63) is 90.6 Å². The fourth-order valence-electron chi connectivity index (χ4n) is 5.58. The van der Waals surface area contributed by atoms with E-state index in [1.165, 1.54) is 10.1 Å². The van der Waals surface area contributed by atoms with Gasteiger partial charge in [-0.1, -0.05) is 48.5 Å². The first-order valence-electron chi connectivity index (χ1n) is 13.7. The highest BCUT2D eigenvalue weighted by atomic mass is 32.2. The Morgan fingerprint density at radius 1 is 0.900 bits per heavy atom. The monoisotopic (exact) mass is 571 g/mol. The minimum Gasteiger partial charge on any atom is -0.353 e. The molecular formula is C31H33N5O2S2. The average molecular weight is 572 g/mol. The number of sulfonamides is 1. The zero-order valence-corrected chi connectivity index (χ0v) is 24.4. The molecule has 1 aliphatic heterocycles. The second-order valence-corrected chi connectivity index (χ2v) is 13.0. The van der Waals surface area contributed by atoms with Crippen molar-refractivity contribution >= 4 is 54.1 Å². The number of piperazine rings is 1. The average Bonchev–Trinajstić information content (AvgIpc) is 3.41. The van der Waals surface area contributed by atoms with Crippen LogP contribution in [0.1, 0.15) is 19.4 Å². The Labute approximate surface area is 239 Å². The Morgan fingerprint density at radius 3 is 2.48 bits per heavy atom. The number of anilines is 2. The molecule has 1 fully saturated rings. The lowest BCUT2D eigenvalue weighted by atomic mass is 10.1. The normalized spacial score (nSPS) is 14.8. The lowest BCUT2D eigenvalue weighted by molar-refractivity contribution is 0.261. The first-order valence-corrected chi connectivity index (χ1v) is 15.9. The quantitative estimate of drug-likeness (QED) is 0.234. The molecule has 1 saturated heterocycles. The van der Waals surface area contributed by atoms with Crippen LogP contribution in [0.25, 0.3) is 21.0 Å². The first kappa shape index (κ1) is 26.7. The number of hydrogen-bond acceptors (Lipinski definition) is 7. The molecule has 7 nitrogen and oxygen atoms in total. The minimum atomic E-state index is -3.85. The lowest BCUT2D eigenvalue weighted by Gasteiger charge is -2.35. The molecule has 0 saturated carbocycles. The molecule has 0 radical (unpaired) electrons. The van der Waals surface area contributed by atoms with Crippen LogP contribution in [0.4, 0.5) is 11.5 Å². The van der Waals surface area contributed by atoms with Crippen LogP contribution in [0.5, 0.6) is 0 Å². The third kappa shape index (κ3) is 5.05. The number of pyridine rings is 1. The van der Waals surface area contributed by atoms with E-state index in [0.29, 0.717) is 5.52 Å². The highest BCUT2D eigenvalue weighted by molar-refractivity contribution is 7.93. The van der Waals surface area contributed by atoms with Crippen LogP contribution < -0.4 is 9.21 Å². The molecule has 0 unspecified atom stereocenters. The fourth-order valence-corrected chi connectivity index (χ4v) is 8.24. The van der Waals surface area contributed by atoms with Gasteiger partial charge in [-0.05, 0) is 67.7 Å². The van der Waals surface area contributed by atoms with Crippen molar-refractivity contribution in [1.82, 2.24) is 14.3 Å². The van der Waals surface area contributed by atoms with E-state index in [2.05, 4.69) is 45.1 Å². The van der Waals surface area contributed by atoms with Gasteiger partial charge in [-0.3, -0.25) is 14.2 Å². The molecule has 6 rings (SSSR count). The number of fused-ring (bicyclic) bond motifs is 2. The van der Waals surface area contributed by atoms with Crippen molar-refractivity contribution in [2.45, 2.75) is 31.2 Å². The lowest BCUT2D eigenvalue weighted by Crippen LogP contribution is -2.47. The SMILES string of the molecule is CC(C)N(c1ccccc1CCN1CCN(c2nsc3ccccc23)CC1)S(=O)(=O)c1cccc2cccnc12. The maximum Gasteiger partial charge on any atom is 0.266 e. The smallest absolute Gasteiger partial charge is 0.266 e. The highest BCUT2D eigenvalue weighted by Crippen LogP contribution is 2.33. The van der Waals surface area contributed by atoms with Crippen molar-refractivity contribution < 1.29 is 8.42 Å². The van der Waals surface area contributed by atoms with Crippen LogP contribution in [0.15, 0.2) is 90.0 Å². The summed E-state index contributed by atoms with van der Waals surface area (Å²) in [4.78, 5) is 9.51. The molecule has 0 amide bonds. The van der Waals surface area contributed by atoms with E-state index in [9.17, 15) is 8.42 Å². The summed E-state index contributed by atoms with van der Waals surface area (Å²) in [6.45, 7) is 8.46. The third-order valence-electron chi connectivity index (χ3n) is 7.56. The molecule has 40 heavy (non-hydrogen) atoms. The predicted molar refractivity (Wildman–Crippen MR) is 165 cm³/mol. The number of aromatic nitrogens is 2. The molecule has 5 aromatic rings. The van der Waals surface area contributed by atoms with Gasteiger partial charge in [-0.25, -0.2) is 8.42 Å². The Kier molecular flexibility index (Phi) is 7.44. The zero-order valence-electron chi connectivity index (χ0n) is 22.8. The zero-order chi connectivity index (χ0) is 27.7. The highest BCUT2D eigenvalue weighted by Gasteiger charge is 2.31. The molecule has 0 aliphatic carbocycles. The van der Waals surface area contributed by atoms with Crippen LogP contribution in [0, 0.1) is 0 Å². The predicted octanol–water partition coefficient (Wildman–Crippen LogP) is 5.81. The van der Waals surface area contributed by atoms with Crippen LogP contribution >= 0.6 is 11.5 Å². The van der Waals surface area contributed by atoms with Gasteiger partial charge in [-0.15, -0.1) is 0 Å². The molecule has 2 aromatic heterocycles. The Balaban J connectivity index is 1.20. The fraction of sp³-hybridized carbons (Fsp3) is 0.290. The molecular weight excluding hydrogens is 539 g/mol. The molecule has 1 aliphatic rings. The molecule has 0 bridgehead atoms. The number of nitrogens with zero attached hydrogens (tertiary/aromatic N) is 5. The summed E-state index contributed by atoms with van der Waals surface area (Å²) >= 11 is 1.56. The van der Waals surface area contributed by atoms with E-state index in [1.54, 1.807) is 34.2 Å². The first-order chi connectivity index (χ1) is 19.4. The molecule has 0 N–H and O–H groups in total. The van der Waals surface area contributed by atoms with E-state index in [4.69, 9.17) is 4.37 Å². The van der Waals surface area contributed by atoms with Crippen LogP contribution in [0.2, 0.25) is 0 Å². The summed E-state index contributed by atoms with van der Waals surface area (Å²) in [6, 6.07) is 25.1. The summed E-state index contributed by atoms with van der Waals surface area (Å²) in [5, 5.41) is 2.04. The summed E-state index contributed by atoms with van der Waals surface area (Å²) in [5.41, 5.74) is 2.26. The van der Waals surface area contributed by atoms with Gasteiger partial charge in [0, 0.05) is 55.7 Å². The Morgan fingerprint density at radius 2 is 1.65 bits per heavy atom. The van der Waals surface area contributed by atoms with Crippen LogP contribution in [0.3, 0.4) is 0 Å². The van der Waals surface area contributed by atoms with Gasteiger partial charge in [0.2, 0.25) is 0 Å². The molecule has 0 atom stereocenters. The molecule has 0 spiro atoms. The number of para-hydroxylation sites is 2. The second-order valence-electron chi connectivity index (χ2n) is 10.4. The molecule has 3 heterocycles. The molecule has 3 aromatic carbocycles. The van der Waals surface area contributed by atoms with Gasteiger partial charge in [0.1, 0.15) is 10.7 Å². The van der Waals surface area contributed by atoms with Gasteiger partial charge >= 0.3 is 0 Å². The van der Waals surface area contributed by atoms with Gasteiger partial charge in [0.05, 0.1) is 15.9 Å². The van der Waals surface area contributed by atoms with Crippen molar-refractivity contribution in [3.8, 4) is 0 Å². The third-order valence-corrected chi connectivity index (χ3v) is 10.4. The summed E-state index contributed by atoms with van der Waals surface area (Å²) < 4.78 is 35.8. The summed E-state index contributed by atoms with van der Waals surface area (Å²) in [6.07, 6.45) is 2.41. The minimum absolute atomic E-state index is 0.236. The van der Waals surface area contributed by atoms with E-state index >= 15 is 0 Å². The van der Waals surface area contributed by atoms with E-state index in [0.717, 1.165) is 61.6 Å². The van der Waals surface area contributed by atoms with Crippen molar-refractivity contribution in [3.63, 3.8) is 0 Å². The Bertz CT molecular complexity index is 1740. The molecule has 9 heteroatoms. The van der Waals surface area contributed by atoms with Crippen molar-refractivity contribution in [2.75, 3.05) is 41.9 Å². The van der Waals surface area contributed by atoms with Crippen molar-refractivity contribution in [2.24, 2.45) is 0 Å². The number of rotatable bonds is 8. The largest absolute Gasteiger partial charge is 0.353 e. The van der Waals surface area contributed by atoms with Gasteiger partial charge < -0.3 is 4.90 Å². The van der Waals surface area contributed by atoms with Gasteiger partial charge in [0.15, 0.2) is 0 Å². The van der Waals surface area contributed by atoms with E-state index in [1.807, 2.05) is 50.2 Å². The summed E-state index contributed by atoms with van der Waals surface area (Å²) in [7, 11) is -3.85. The number of hydrogen-bond donors (Lipinski definition) is 0. The standard InChI is InChI=1S/C31H33N5O2S2/c1-23(2)36(40(37,38)29-15-7-10-25-11-8-17-32-30(25)29)27-13-5-3-9-24(27)16-18-34-19-21-35(22-20-34)31-26-12-4-6-14-28(26)39-33-31/h3-15,17,23H,16,18-22H2,1-2H3. The number of benzene rings is 3. The van der Waals surface area contributed by atoms with E-state index < -0.39 is 10.0 Å². The summed E-state index contributed by atoms with van der Waals surface area (Å²) in [5.74, 6) is 1.09. The maximum absolute atomic E-state index is 14.2. The van der Waals surface area contributed by atoms with E-state index in [-0.39, 0.29) is 10.9 Å². The second kappa shape index (κ2) is 11.2. The van der Waals surface area contributed by atoms with Gasteiger partial charge in [-0.2, -0.15) is 4.37 Å². The maximum atomic E-state index is 14.2. The topological polar surface area (TPSA) is 69.6 Å². The Hall–Kier alpha value is -3.53. The van der Waals surface area contributed by atoms with Crippen molar-refractivity contribution in [1.29, 1.82) is 0 Å². The van der Waals surface area contributed by atoms with Crippen LogP contribution in [-0.4, -0.2) is 61.4 Å². The molecule has 206 valence electrons.